The minimum Gasteiger partial charge on any atom is -0.508 e. The van der Waals surface area contributed by atoms with Crippen LogP contribution in [0.15, 0.2) is 18.2 Å². The third-order valence-electron chi connectivity index (χ3n) is 2.80. The zero-order valence-electron chi connectivity index (χ0n) is 9.28. The van der Waals surface area contributed by atoms with Crippen molar-refractivity contribution in [1.82, 2.24) is 5.32 Å². The average Bonchev–Trinajstić information content (AvgIpc) is 2.67. The SMILES string of the molecule is NCCCCNC1COc2cc(O)ccc21. The summed E-state index contributed by atoms with van der Waals surface area (Å²) in [5.74, 6) is 1.04. The number of hydrogen-bond acceptors (Lipinski definition) is 4. The molecular formula is C12H18N2O2. The summed E-state index contributed by atoms with van der Waals surface area (Å²) in [5, 5.41) is 12.7. The van der Waals surface area contributed by atoms with Crippen LogP contribution in [0.4, 0.5) is 0 Å². The second-order valence-electron chi connectivity index (χ2n) is 4.04. The number of benzene rings is 1. The normalized spacial score (nSPS) is 18.2. The Morgan fingerprint density at radius 1 is 1.44 bits per heavy atom. The van der Waals surface area contributed by atoms with Crippen molar-refractivity contribution in [3.8, 4) is 11.5 Å². The summed E-state index contributed by atoms with van der Waals surface area (Å²) in [4.78, 5) is 0. The molecule has 16 heavy (non-hydrogen) atoms. The second kappa shape index (κ2) is 5.18. The van der Waals surface area contributed by atoms with Gasteiger partial charge in [-0.3, -0.25) is 0 Å². The number of aromatic hydroxyl groups is 1. The number of phenolic OH excluding ortho intramolecular Hbond substituents is 1. The molecule has 0 amide bonds. The van der Waals surface area contributed by atoms with E-state index in [0.29, 0.717) is 6.61 Å². The first-order chi connectivity index (χ1) is 7.81. The zero-order valence-corrected chi connectivity index (χ0v) is 9.28. The van der Waals surface area contributed by atoms with E-state index in [1.165, 1.54) is 0 Å². The lowest BCUT2D eigenvalue weighted by atomic mass is 10.1. The van der Waals surface area contributed by atoms with Crippen molar-refractivity contribution in [2.24, 2.45) is 5.73 Å². The lowest BCUT2D eigenvalue weighted by molar-refractivity contribution is 0.310. The standard InChI is InChI=1S/C12H18N2O2/c13-5-1-2-6-14-11-8-16-12-7-9(15)3-4-10(11)12/h3-4,7,11,14-15H,1-2,5-6,8,13H2. The number of phenols is 1. The fourth-order valence-corrected chi connectivity index (χ4v) is 1.91. The Morgan fingerprint density at radius 3 is 3.12 bits per heavy atom. The van der Waals surface area contributed by atoms with Crippen molar-refractivity contribution < 1.29 is 9.84 Å². The number of ether oxygens (including phenoxy) is 1. The van der Waals surface area contributed by atoms with Crippen LogP contribution in [0.1, 0.15) is 24.4 Å². The molecule has 0 fully saturated rings. The molecule has 1 atom stereocenters. The van der Waals surface area contributed by atoms with Gasteiger partial charge in [-0.1, -0.05) is 0 Å². The number of hydrogen-bond donors (Lipinski definition) is 3. The van der Waals surface area contributed by atoms with Gasteiger partial charge in [-0.05, 0) is 38.1 Å². The molecule has 0 aliphatic carbocycles. The number of nitrogens with one attached hydrogen (secondary N) is 1. The minimum atomic E-state index is 0.244. The lowest BCUT2D eigenvalue weighted by Gasteiger charge is -2.10. The Hall–Kier alpha value is -1.26. The first-order valence-electron chi connectivity index (χ1n) is 5.70. The highest BCUT2D eigenvalue weighted by molar-refractivity contribution is 5.44. The van der Waals surface area contributed by atoms with Crippen LogP contribution in [-0.4, -0.2) is 24.8 Å². The van der Waals surface area contributed by atoms with Crippen LogP contribution in [0, 0.1) is 0 Å². The molecule has 4 heteroatoms. The first kappa shape index (κ1) is 11.2. The van der Waals surface area contributed by atoms with Crippen molar-refractivity contribution in [2.45, 2.75) is 18.9 Å². The molecule has 4 N–H and O–H groups in total. The van der Waals surface area contributed by atoms with Gasteiger partial charge in [0.15, 0.2) is 0 Å². The van der Waals surface area contributed by atoms with E-state index in [0.717, 1.165) is 37.2 Å². The van der Waals surface area contributed by atoms with Crippen LogP contribution >= 0.6 is 0 Å². The van der Waals surface area contributed by atoms with Crippen molar-refractivity contribution in [1.29, 1.82) is 0 Å². The molecule has 0 saturated carbocycles. The quantitative estimate of drug-likeness (QED) is 0.654. The van der Waals surface area contributed by atoms with Gasteiger partial charge in [-0.15, -0.1) is 0 Å². The molecule has 0 aromatic heterocycles. The molecule has 1 aliphatic heterocycles. The molecule has 1 aromatic carbocycles. The van der Waals surface area contributed by atoms with Gasteiger partial charge >= 0.3 is 0 Å². The highest BCUT2D eigenvalue weighted by Gasteiger charge is 2.23. The van der Waals surface area contributed by atoms with Crippen LogP contribution in [0.2, 0.25) is 0 Å². The van der Waals surface area contributed by atoms with E-state index in [-0.39, 0.29) is 11.8 Å². The molecule has 1 unspecified atom stereocenters. The Balaban J connectivity index is 1.91. The van der Waals surface area contributed by atoms with E-state index in [2.05, 4.69) is 5.32 Å². The molecule has 0 saturated heterocycles. The van der Waals surface area contributed by atoms with Gasteiger partial charge in [-0.25, -0.2) is 0 Å². The summed E-state index contributed by atoms with van der Waals surface area (Å²) in [5.41, 5.74) is 6.57. The predicted molar refractivity (Wildman–Crippen MR) is 62.6 cm³/mol. The Kier molecular flexibility index (Phi) is 3.64. The highest BCUT2D eigenvalue weighted by atomic mass is 16.5. The number of rotatable bonds is 5. The van der Waals surface area contributed by atoms with Crippen LogP contribution in [0.25, 0.3) is 0 Å². The Bertz CT molecular complexity index is 355. The van der Waals surface area contributed by atoms with Gasteiger partial charge in [0.1, 0.15) is 18.1 Å². The van der Waals surface area contributed by atoms with Gasteiger partial charge < -0.3 is 20.9 Å². The van der Waals surface area contributed by atoms with E-state index in [4.69, 9.17) is 10.5 Å². The van der Waals surface area contributed by atoms with E-state index < -0.39 is 0 Å². The minimum absolute atomic E-state index is 0.244. The fourth-order valence-electron chi connectivity index (χ4n) is 1.91. The summed E-state index contributed by atoms with van der Waals surface area (Å²) >= 11 is 0. The van der Waals surface area contributed by atoms with E-state index in [1.54, 1.807) is 12.1 Å². The summed E-state index contributed by atoms with van der Waals surface area (Å²) in [6.45, 7) is 2.33. The molecular weight excluding hydrogens is 204 g/mol. The van der Waals surface area contributed by atoms with Crippen LogP contribution in [0.3, 0.4) is 0 Å². The third kappa shape index (κ3) is 2.46. The average molecular weight is 222 g/mol. The molecule has 0 spiro atoms. The summed E-state index contributed by atoms with van der Waals surface area (Å²) < 4.78 is 5.50. The van der Waals surface area contributed by atoms with Crippen LogP contribution in [0.5, 0.6) is 11.5 Å². The number of fused-ring (bicyclic) bond motifs is 1. The van der Waals surface area contributed by atoms with Crippen molar-refractivity contribution in [3.05, 3.63) is 23.8 Å². The summed E-state index contributed by atoms with van der Waals surface area (Å²) in [6.07, 6.45) is 2.13. The van der Waals surface area contributed by atoms with Crippen LogP contribution in [-0.2, 0) is 0 Å². The zero-order chi connectivity index (χ0) is 11.4. The first-order valence-corrected chi connectivity index (χ1v) is 5.70. The molecule has 1 heterocycles. The van der Waals surface area contributed by atoms with E-state index >= 15 is 0 Å². The fraction of sp³-hybridized carbons (Fsp3) is 0.500. The van der Waals surface area contributed by atoms with Crippen molar-refractivity contribution in [2.75, 3.05) is 19.7 Å². The smallest absolute Gasteiger partial charge is 0.127 e. The Morgan fingerprint density at radius 2 is 2.31 bits per heavy atom. The van der Waals surface area contributed by atoms with Crippen molar-refractivity contribution >= 4 is 0 Å². The maximum Gasteiger partial charge on any atom is 0.127 e. The maximum absolute atomic E-state index is 9.31. The van der Waals surface area contributed by atoms with Gasteiger partial charge in [0.05, 0.1) is 6.04 Å². The number of unbranched alkanes of at least 4 members (excludes halogenated alkanes) is 1. The topological polar surface area (TPSA) is 67.5 Å². The molecule has 0 radical (unpaired) electrons. The van der Waals surface area contributed by atoms with Gasteiger partial charge in [0.25, 0.3) is 0 Å². The molecule has 0 bridgehead atoms. The lowest BCUT2D eigenvalue weighted by Crippen LogP contribution is -2.23. The van der Waals surface area contributed by atoms with Crippen molar-refractivity contribution in [3.63, 3.8) is 0 Å². The van der Waals surface area contributed by atoms with Gasteiger partial charge in [-0.2, -0.15) is 0 Å². The molecule has 1 aromatic rings. The van der Waals surface area contributed by atoms with Crippen LogP contribution < -0.4 is 15.8 Å². The Labute approximate surface area is 95.4 Å². The third-order valence-corrected chi connectivity index (χ3v) is 2.80. The maximum atomic E-state index is 9.31. The van der Waals surface area contributed by atoms with E-state index in [9.17, 15) is 5.11 Å². The molecule has 2 rings (SSSR count). The largest absolute Gasteiger partial charge is 0.508 e. The predicted octanol–water partition coefficient (Wildman–Crippen LogP) is 1.15. The van der Waals surface area contributed by atoms with Gasteiger partial charge in [0, 0.05) is 11.6 Å². The molecule has 1 aliphatic rings. The summed E-state index contributed by atoms with van der Waals surface area (Å²) in [7, 11) is 0. The van der Waals surface area contributed by atoms with E-state index in [1.807, 2.05) is 6.07 Å². The number of nitrogens with two attached hydrogens (primary N) is 1. The highest BCUT2D eigenvalue weighted by Crippen LogP contribution is 2.34. The molecule has 88 valence electrons. The second-order valence-corrected chi connectivity index (χ2v) is 4.04. The molecule has 4 nitrogen and oxygen atoms in total. The summed E-state index contributed by atoms with van der Waals surface area (Å²) in [6, 6.07) is 5.52. The monoisotopic (exact) mass is 222 g/mol. The van der Waals surface area contributed by atoms with Gasteiger partial charge in [0.2, 0.25) is 0 Å².